The lowest BCUT2D eigenvalue weighted by Gasteiger charge is -2.14. The summed E-state index contributed by atoms with van der Waals surface area (Å²) in [5, 5.41) is 11.2. The van der Waals surface area contributed by atoms with Gasteiger partial charge < -0.3 is 15.0 Å². The van der Waals surface area contributed by atoms with Gasteiger partial charge in [-0.2, -0.15) is 0 Å². The summed E-state index contributed by atoms with van der Waals surface area (Å²) in [7, 11) is 1.51. The van der Waals surface area contributed by atoms with Crippen LogP contribution in [0.3, 0.4) is 0 Å². The van der Waals surface area contributed by atoms with Crippen LogP contribution in [0.5, 0.6) is 0 Å². The van der Waals surface area contributed by atoms with E-state index >= 15 is 0 Å². The van der Waals surface area contributed by atoms with Crippen molar-refractivity contribution >= 4 is 11.9 Å². The maximum Gasteiger partial charge on any atom is 0.303 e. The van der Waals surface area contributed by atoms with Crippen LogP contribution in [0.15, 0.2) is 23.0 Å². The van der Waals surface area contributed by atoms with Crippen molar-refractivity contribution in [3.8, 4) is 0 Å². The van der Waals surface area contributed by atoms with Gasteiger partial charge in [-0.05, 0) is 19.4 Å². The van der Waals surface area contributed by atoms with Gasteiger partial charge in [0.25, 0.3) is 11.5 Å². The highest BCUT2D eigenvalue weighted by Crippen LogP contribution is 2.00. The van der Waals surface area contributed by atoms with Gasteiger partial charge in [-0.3, -0.25) is 14.4 Å². The summed E-state index contributed by atoms with van der Waals surface area (Å²) in [6.07, 6.45) is 0.344. The summed E-state index contributed by atoms with van der Waals surface area (Å²) in [6.45, 7) is 1.72. The van der Waals surface area contributed by atoms with Crippen LogP contribution in [0, 0.1) is 0 Å². The minimum absolute atomic E-state index is 0.00479. The molecule has 1 rings (SSSR count). The quantitative estimate of drug-likeness (QED) is 0.792. The van der Waals surface area contributed by atoms with Crippen molar-refractivity contribution in [1.82, 2.24) is 9.88 Å². The fourth-order valence-corrected chi connectivity index (χ4v) is 1.50. The zero-order valence-corrected chi connectivity index (χ0v) is 10.3. The Hall–Kier alpha value is -2.11. The van der Waals surface area contributed by atoms with E-state index in [1.807, 2.05) is 0 Å². The first-order valence-corrected chi connectivity index (χ1v) is 5.60. The molecule has 1 amide bonds. The molecule has 1 atom stereocenters. The third-order valence-corrected chi connectivity index (χ3v) is 2.59. The van der Waals surface area contributed by atoms with Crippen molar-refractivity contribution in [3.63, 3.8) is 0 Å². The van der Waals surface area contributed by atoms with Crippen LogP contribution in [0.25, 0.3) is 0 Å². The monoisotopic (exact) mass is 252 g/mol. The highest BCUT2D eigenvalue weighted by atomic mass is 16.4. The summed E-state index contributed by atoms with van der Waals surface area (Å²) >= 11 is 0. The zero-order chi connectivity index (χ0) is 13.7. The second kappa shape index (κ2) is 6.00. The third-order valence-electron chi connectivity index (χ3n) is 2.59. The van der Waals surface area contributed by atoms with E-state index < -0.39 is 5.97 Å². The molecule has 0 spiro atoms. The molecule has 6 nitrogen and oxygen atoms in total. The summed E-state index contributed by atoms with van der Waals surface area (Å²) in [4.78, 5) is 33.6. The number of aliphatic carboxylic acids is 1. The van der Waals surface area contributed by atoms with Gasteiger partial charge in [-0.1, -0.05) is 6.07 Å². The first-order valence-electron chi connectivity index (χ1n) is 5.60. The van der Waals surface area contributed by atoms with Crippen molar-refractivity contribution in [1.29, 1.82) is 0 Å². The number of pyridine rings is 1. The molecule has 0 aromatic carbocycles. The number of carbonyl (C=O) groups is 2. The fraction of sp³-hybridized carbons (Fsp3) is 0.417. The van der Waals surface area contributed by atoms with Gasteiger partial charge in [0.05, 0.1) is 0 Å². The first-order chi connectivity index (χ1) is 8.41. The van der Waals surface area contributed by atoms with Crippen LogP contribution in [0.1, 0.15) is 30.3 Å². The van der Waals surface area contributed by atoms with Crippen LogP contribution in [-0.2, 0) is 11.8 Å². The predicted molar refractivity (Wildman–Crippen MR) is 65.5 cm³/mol. The molecule has 1 aromatic heterocycles. The Morgan fingerprint density at radius 1 is 1.44 bits per heavy atom. The van der Waals surface area contributed by atoms with Gasteiger partial charge in [0, 0.05) is 25.6 Å². The van der Waals surface area contributed by atoms with E-state index in [2.05, 4.69) is 5.32 Å². The maximum atomic E-state index is 11.9. The van der Waals surface area contributed by atoms with Crippen molar-refractivity contribution in [2.24, 2.45) is 7.05 Å². The van der Waals surface area contributed by atoms with Crippen LogP contribution in [-0.4, -0.2) is 27.6 Å². The molecule has 1 aromatic rings. The highest BCUT2D eigenvalue weighted by molar-refractivity contribution is 5.92. The minimum Gasteiger partial charge on any atom is -0.481 e. The van der Waals surface area contributed by atoms with Gasteiger partial charge in [0.1, 0.15) is 5.69 Å². The van der Waals surface area contributed by atoms with Crippen LogP contribution >= 0.6 is 0 Å². The van der Waals surface area contributed by atoms with Gasteiger partial charge in [-0.15, -0.1) is 0 Å². The lowest BCUT2D eigenvalue weighted by molar-refractivity contribution is -0.137. The van der Waals surface area contributed by atoms with Gasteiger partial charge in [0.2, 0.25) is 0 Å². The van der Waals surface area contributed by atoms with E-state index in [4.69, 9.17) is 5.11 Å². The highest BCUT2D eigenvalue weighted by Gasteiger charge is 2.13. The van der Waals surface area contributed by atoms with Gasteiger partial charge >= 0.3 is 5.97 Å². The normalized spacial score (nSPS) is 11.9. The van der Waals surface area contributed by atoms with Crippen molar-refractivity contribution in [2.45, 2.75) is 25.8 Å². The summed E-state index contributed by atoms with van der Waals surface area (Å²) in [5.41, 5.74) is -0.00878. The number of nitrogens with zero attached hydrogens (tertiary/aromatic N) is 1. The van der Waals surface area contributed by atoms with E-state index in [1.54, 1.807) is 13.0 Å². The zero-order valence-electron chi connectivity index (χ0n) is 10.3. The molecule has 0 saturated carbocycles. The molecule has 1 heterocycles. The van der Waals surface area contributed by atoms with E-state index in [1.165, 1.54) is 23.7 Å². The number of rotatable bonds is 5. The molecule has 2 N–H and O–H groups in total. The minimum atomic E-state index is -0.900. The topological polar surface area (TPSA) is 88.4 Å². The third kappa shape index (κ3) is 3.73. The molecular weight excluding hydrogens is 236 g/mol. The van der Waals surface area contributed by atoms with E-state index in [0.29, 0.717) is 6.42 Å². The molecule has 1 unspecified atom stereocenters. The fourth-order valence-electron chi connectivity index (χ4n) is 1.50. The molecule has 0 fully saturated rings. The Bertz CT molecular complexity index is 507. The standard InChI is InChI=1S/C12H16N2O4/c1-8(6-7-11(16)17)13-12(18)9-4-3-5-10(15)14(9)2/h3-5,8H,6-7H2,1-2H3,(H,13,18)(H,16,17). The Kier molecular flexibility index (Phi) is 4.65. The summed E-state index contributed by atoms with van der Waals surface area (Å²) in [5.74, 6) is -1.28. The first kappa shape index (κ1) is 14.0. The smallest absolute Gasteiger partial charge is 0.303 e. The average Bonchev–Trinajstić information content (AvgIpc) is 2.30. The molecule has 6 heteroatoms. The number of aromatic nitrogens is 1. The SMILES string of the molecule is CC(CCC(=O)O)NC(=O)c1cccc(=O)n1C. The summed E-state index contributed by atoms with van der Waals surface area (Å²) in [6, 6.07) is 4.16. The molecule has 0 radical (unpaired) electrons. The second-order valence-electron chi connectivity index (χ2n) is 4.12. The van der Waals surface area contributed by atoms with Crippen molar-refractivity contribution in [2.75, 3.05) is 0 Å². The molecule has 18 heavy (non-hydrogen) atoms. The van der Waals surface area contributed by atoms with E-state index in [9.17, 15) is 14.4 Å². The van der Waals surface area contributed by atoms with E-state index in [0.717, 1.165) is 0 Å². The van der Waals surface area contributed by atoms with Crippen LogP contribution in [0.4, 0.5) is 0 Å². The number of carboxylic acid groups (broad SMARTS) is 1. The van der Waals surface area contributed by atoms with Crippen molar-refractivity contribution in [3.05, 3.63) is 34.2 Å². The number of hydrogen-bond donors (Lipinski definition) is 2. The number of hydrogen-bond acceptors (Lipinski definition) is 3. The van der Waals surface area contributed by atoms with E-state index in [-0.39, 0.29) is 29.6 Å². The largest absolute Gasteiger partial charge is 0.481 e. The number of amides is 1. The number of carbonyl (C=O) groups excluding carboxylic acids is 1. The summed E-state index contributed by atoms with van der Waals surface area (Å²) < 4.78 is 1.25. The lowest BCUT2D eigenvalue weighted by Crippen LogP contribution is -2.36. The Labute approximate surface area is 104 Å². The van der Waals surface area contributed by atoms with Gasteiger partial charge in [-0.25, -0.2) is 0 Å². The Morgan fingerprint density at radius 2 is 2.11 bits per heavy atom. The van der Waals surface area contributed by atoms with Crippen LogP contribution < -0.4 is 10.9 Å². The molecule has 0 aliphatic carbocycles. The van der Waals surface area contributed by atoms with Crippen LogP contribution in [0.2, 0.25) is 0 Å². The average molecular weight is 252 g/mol. The molecule has 0 saturated heterocycles. The molecule has 0 aliphatic rings. The Balaban J connectivity index is 2.68. The molecule has 98 valence electrons. The molecule has 0 bridgehead atoms. The molecular formula is C12H16N2O4. The molecule has 0 aliphatic heterocycles. The number of carboxylic acids is 1. The van der Waals surface area contributed by atoms with Crippen molar-refractivity contribution < 1.29 is 14.7 Å². The number of nitrogens with one attached hydrogen (secondary N) is 1. The second-order valence-corrected chi connectivity index (χ2v) is 4.12. The predicted octanol–water partition coefficient (Wildman–Crippen LogP) is 0.368. The lowest BCUT2D eigenvalue weighted by atomic mass is 10.2. The van der Waals surface area contributed by atoms with Gasteiger partial charge in [0.15, 0.2) is 0 Å². The Morgan fingerprint density at radius 3 is 2.72 bits per heavy atom. The maximum absolute atomic E-state index is 11.9.